The maximum Gasteiger partial charge on any atom is 0.157 e. The van der Waals surface area contributed by atoms with Crippen molar-refractivity contribution in [3.05, 3.63) is 6.33 Å². The Hall–Kier alpha value is -1.60. The number of hydrogen-bond donors (Lipinski definition) is 2. The number of anilines is 3. The lowest BCUT2D eigenvalue weighted by Crippen LogP contribution is -2.37. The Kier molecular flexibility index (Phi) is 5.29. The summed E-state index contributed by atoms with van der Waals surface area (Å²) in [6, 6.07) is 0. The third kappa shape index (κ3) is 3.78. The Morgan fingerprint density at radius 2 is 1.86 bits per heavy atom. The average molecular weight is 306 g/mol. The summed E-state index contributed by atoms with van der Waals surface area (Å²) in [4.78, 5) is 13.3. The molecular formula is C15H26N6O. The highest BCUT2D eigenvalue weighted by molar-refractivity contribution is 5.74. The van der Waals surface area contributed by atoms with Crippen molar-refractivity contribution in [1.29, 1.82) is 0 Å². The van der Waals surface area contributed by atoms with Crippen LogP contribution in [-0.4, -0.2) is 67.4 Å². The molecule has 0 atom stereocenters. The topological polar surface area (TPSA) is 79.5 Å². The minimum Gasteiger partial charge on any atom is -0.393 e. The van der Waals surface area contributed by atoms with E-state index < -0.39 is 0 Å². The molecule has 2 aliphatic heterocycles. The standard InChI is InChI=1S/C15H26N6O/c16-13-14(17-4-7-20-5-2-1-3-6-20)18-12-19-15(13)21-8-10-22-11-9-21/h12H,1-11,16H2,(H,17,18,19). The van der Waals surface area contributed by atoms with Crippen LogP contribution in [0.2, 0.25) is 0 Å². The Morgan fingerprint density at radius 1 is 1.09 bits per heavy atom. The summed E-state index contributed by atoms with van der Waals surface area (Å²) in [5.41, 5.74) is 6.89. The van der Waals surface area contributed by atoms with Gasteiger partial charge in [-0.05, 0) is 25.9 Å². The molecule has 7 nitrogen and oxygen atoms in total. The van der Waals surface area contributed by atoms with Crippen molar-refractivity contribution in [2.24, 2.45) is 0 Å². The maximum absolute atomic E-state index is 6.25. The van der Waals surface area contributed by atoms with Gasteiger partial charge in [0.05, 0.1) is 13.2 Å². The molecule has 1 aromatic heterocycles. The van der Waals surface area contributed by atoms with Crippen LogP contribution < -0.4 is 16.0 Å². The van der Waals surface area contributed by atoms with Gasteiger partial charge in [-0.1, -0.05) is 6.42 Å². The fraction of sp³-hybridized carbons (Fsp3) is 0.733. The van der Waals surface area contributed by atoms with Crippen LogP contribution in [-0.2, 0) is 4.74 Å². The van der Waals surface area contributed by atoms with Crippen molar-refractivity contribution in [2.45, 2.75) is 19.3 Å². The van der Waals surface area contributed by atoms with Gasteiger partial charge < -0.3 is 25.6 Å². The molecule has 0 saturated carbocycles. The molecule has 0 unspecified atom stereocenters. The van der Waals surface area contributed by atoms with Crippen LogP contribution in [0.1, 0.15) is 19.3 Å². The number of likely N-dealkylation sites (tertiary alicyclic amines) is 1. The molecule has 3 heterocycles. The zero-order chi connectivity index (χ0) is 15.2. The highest BCUT2D eigenvalue weighted by atomic mass is 16.5. The van der Waals surface area contributed by atoms with Crippen LogP contribution >= 0.6 is 0 Å². The van der Waals surface area contributed by atoms with E-state index in [1.54, 1.807) is 6.33 Å². The number of piperidine rings is 1. The third-order valence-electron chi connectivity index (χ3n) is 4.34. The van der Waals surface area contributed by atoms with Crippen molar-refractivity contribution in [2.75, 3.05) is 68.4 Å². The first-order chi connectivity index (χ1) is 10.8. The Bertz CT molecular complexity index is 471. The van der Waals surface area contributed by atoms with Gasteiger partial charge in [0.2, 0.25) is 0 Å². The molecule has 3 rings (SSSR count). The molecule has 3 N–H and O–H groups in total. The zero-order valence-electron chi connectivity index (χ0n) is 13.1. The van der Waals surface area contributed by atoms with Crippen LogP contribution in [0.4, 0.5) is 17.3 Å². The van der Waals surface area contributed by atoms with E-state index in [2.05, 4.69) is 25.1 Å². The second-order valence-corrected chi connectivity index (χ2v) is 5.89. The van der Waals surface area contributed by atoms with Crippen molar-refractivity contribution in [1.82, 2.24) is 14.9 Å². The third-order valence-corrected chi connectivity index (χ3v) is 4.34. The zero-order valence-corrected chi connectivity index (χ0v) is 13.1. The lowest BCUT2D eigenvalue weighted by atomic mass is 10.1. The normalized spacial score (nSPS) is 20.1. The Labute approximate surface area is 131 Å². The first-order valence-electron chi connectivity index (χ1n) is 8.24. The van der Waals surface area contributed by atoms with Gasteiger partial charge in [0.1, 0.15) is 12.0 Å². The minimum atomic E-state index is 0.642. The van der Waals surface area contributed by atoms with Crippen molar-refractivity contribution >= 4 is 17.3 Å². The van der Waals surface area contributed by atoms with E-state index in [9.17, 15) is 0 Å². The molecule has 1 aromatic rings. The number of morpholine rings is 1. The van der Waals surface area contributed by atoms with E-state index in [0.29, 0.717) is 5.69 Å². The van der Waals surface area contributed by atoms with Gasteiger partial charge in [-0.25, -0.2) is 9.97 Å². The molecule has 2 aliphatic rings. The fourth-order valence-corrected chi connectivity index (χ4v) is 3.07. The van der Waals surface area contributed by atoms with E-state index in [0.717, 1.165) is 51.0 Å². The highest BCUT2D eigenvalue weighted by Crippen LogP contribution is 2.26. The number of nitrogens with zero attached hydrogens (tertiary/aromatic N) is 4. The van der Waals surface area contributed by atoms with Gasteiger partial charge in [-0.15, -0.1) is 0 Å². The molecular weight excluding hydrogens is 280 g/mol. The van der Waals surface area contributed by atoms with E-state index in [-0.39, 0.29) is 0 Å². The summed E-state index contributed by atoms with van der Waals surface area (Å²) in [6.07, 6.45) is 5.59. The van der Waals surface area contributed by atoms with Gasteiger partial charge in [0, 0.05) is 26.2 Å². The molecule has 122 valence electrons. The predicted molar refractivity (Wildman–Crippen MR) is 88.3 cm³/mol. The molecule has 0 amide bonds. The van der Waals surface area contributed by atoms with E-state index in [1.165, 1.54) is 32.4 Å². The van der Waals surface area contributed by atoms with Crippen molar-refractivity contribution < 1.29 is 4.74 Å². The lowest BCUT2D eigenvalue weighted by molar-refractivity contribution is 0.122. The highest BCUT2D eigenvalue weighted by Gasteiger charge is 2.17. The lowest BCUT2D eigenvalue weighted by Gasteiger charge is -2.29. The summed E-state index contributed by atoms with van der Waals surface area (Å²) in [5, 5.41) is 3.36. The number of nitrogen functional groups attached to an aromatic ring is 1. The maximum atomic E-state index is 6.25. The Balaban J connectivity index is 1.56. The number of nitrogens with two attached hydrogens (primary N) is 1. The van der Waals surface area contributed by atoms with Crippen LogP contribution in [0.3, 0.4) is 0 Å². The fourth-order valence-electron chi connectivity index (χ4n) is 3.07. The van der Waals surface area contributed by atoms with Crippen molar-refractivity contribution in [3.8, 4) is 0 Å². The summed E-state index contributed by atoms with van der Waals surface area (Å²) >= 11 is 0. The molecule has 7 heteroatoms. The summed E-state index contributed by atoms with van der Waals surface area (Å²) in [7, 11) is 0. The summed E-state index contributed by atoms with van der Waals surface area (Å²) in [6.45, 7) is 7.42. The van der Waals surface area contributed by atoms with Crippen LogP contribution in [0.25, 0.3) is 0 Å². The Morgan fingerprint density at radius 3 is 2.64 bits per heavy atom. The monoisotopic (exact) mass is 306 g/mol. The van der Waals surface area contributed by atoms with Gasteiger partial charge >= 0.3 is 0 Å². The number of rotatable bonds is 5. The molecule has 0 aromatic carbocycles. The largest absolute Gasteiger partial charge is 0.393 e. The molecule has 2 fully saturated rings. The second-order valence-electron chi connectivity index (χ2n) is 5.89. The molecule has 0 aliphatic carbocycles. The SMILES string of the molecule is Nc1c(NCCN2CCCCC2)ncnc1N1CCOCC1. The molecule has 0 radical (unpaired) electrons. The smallest absolute Gasteiger partial charge is 0.157 e. The van der Waals surface area contributed by atoms with Gasteiger partial charge in [-0.3, -0.25) is 0 Å². The predicted octanol–water partition coefficient (Wildman–Crippen LogP) is 0.793. The quantitative estimate of drug-likeness (QED) is 0.832. The van der Waals surface area contributed by atoms with Gasteiger partial charge in [-0.2, -0.15) is 0 Å². The van der Waals surface area contributed by atoms with Gasteiger partial charge in [0.15, 0.2) is 11.6 Å². The van der Waals surface area contributed by atoms with Crippen molar-refractivity contribution in [3.63, 3.8) is 0 Å². The number of aromatic nitrogens is 2. The van der Waals surface area contributed by atoms with Crippen LogP contribution in [0.15, 0.2) is 6.33 Å². The first kappa shape index (κ1) is 15.3. The summed E-state index contributed by atoms with van der Waals surface area (Å²) < 4.78 is 5.38. The molecule has 0 spiro atoms. The van der Waals surface area contributed by atoms with Gasteiger partial charge in [0.25, 0.3) is 0 Å². The number of nitrogens with one attached hydrogen (secondary N) is 1. The second kappa shape index (κ2) is 7.60. The average Bonchev–Trinajstić information content (AvgIpc) is 2.58. The molecule has 2 saturated heterocycles. The molecule has 22 heavy (non-hydrogen) atoms. The number of hydrogen-bond acceptors (Lipinski definition) is 7. The van der Waals surface area contributed by atoms with Crippen LogP contribution in [0, 0.1) is 0 Å². The first-order valence-corrected chi connectivity index (χ1v) is 8.24. The van der Waals surface area contributed by atoms with E-state index >= 15 is 0 Å². The number of ether oxygens (including phenoxy) is 1. The molecule has 0 bridgehead atoms. The van der Waals surface area contributed by atoms with E-state index in [1.807, 2.05) is 0 Å². The van der Waals surface area contributed by atoms with E-state index in [4.69, 9.17) is 10.5 Å². The summed E-state index contributed by atoms with van der Waals surface area (Å²) in [5.74, 6) is 1.56. The van der Waals surface area contributed by atoms with Crippen LogP contribution in [0.5, 0.6) is 0 Å². The minimum absolute atomic E-state index is 0.642.